The molecule has 2 nitrogen and oxygen atoms in total. The van der Waals surface area contributed by atoms with E-state index in [1.807, 2.05) is 12.1 Å². The minimum atomic E-state index is -1.75. The van der Waals surface area contributed by atoms with Gasteiger partial charge in [-0.1, -0.05) is 71.2 Å². The molecule has 0 saturated heterocycles. The van der Waals surface area contributed by atoms with E-state index in [-0.39, 0.29) is 11.1 Å². The van der Waals surface area contributed by atoms with Crippen LogP contribution in [0.3, 0.4) is 0 Å². The summed E-state index contributed by atoms with van der Waals surface area (Å²) < 4.78 is -1.75. The van der Waals surface area contributed by atoms with Crippen LogP contribution >= 0.6 is 34.8 Å². The molecule has 2 aromatic carbocycles. The number of halogens is 3. The molecule has 0 heterocycles. The summed E-state index contributed by atoms with van der Waals surface area (Å²) in [6.07, 6.45) is 0. The fourth-order valence-electron chi connectivity index (χ4n) is 1.74. The van der Waals surface area contributed by atoms with E-state index in [1.54, 1.807) is 18.2 Å². The van der Waals surface area contributed by atoms with Crippen molar-refractivity contribution < 1.29 is 9.90 Å². The Bertz CT molecular complexity index is 588. The summed E-state index contributed by atoms with van der Waals surface area (Å²) in [4.78, 5) is 11.3. The highest BCUT2D eigenvalue weighted by molar-refractivity contribution is 6.67. The van der Waals surface area contributed by atoms with Crippen LogP contribution in [-0.2, 0) is 3.79 Å². The van der Waals surface area contributed by atoms with Gasteiger partial charge in [-0.15, -0.1) is 0 Å². The molecule has 0 aliphatic carbocycles. The second kappa shape index (κ2) is 4.37. The van der Waals surface area contributed by atoms with Crippen LogP contribution < -0.4 is 0 Å². The summed E-state index contributed by atoms with van der Waals surface area (Å²) in [6, 6.07) is 10.3. The van der Waals surface area contributed by atoms with Crippen LogP contribution in [-0.4, -0.2) is 11.1 Å². The van der Waals surface area contributed by atoms with Crippen molar-refractivity contribution in [3.63, 3.8) is 0 Å². The van der Waals surface area contributed by atoms with Crippen molar-refractivity contribution in [1.29, 1.82) is 0 Å². The van der Waals surface area contributed by atoms with Crippen molar-refractivity contribution in [2.45, 2.75) is 3.79 Å². The number of fused-ring (bicyclic) bond motifs is 1. The maximum Gasteiger partial charge on any atom is 0.336 e. The summed E-state index contributed by atoms with van der Waals surface area (Å²) in [5, 5.41) is 10.6. The average molecular weight is 290 g/mol. The largest absolute Gasteiger partial charge is 0.478 e. The van der Waals surface area contributed by atoms with Crippen molar-refractivity contribution in [3.05, 3.63) is 47.5 Å². The summed E-state index contributed by atoms with van der Waals surface area (Å²) >= 11 is 17.3. The maximum atomic E-state index is 11.3. The molecule has 0 aromatic heterocycles. The minimum Gasteiger partial charge on any atom is -0.478 e. The Hall–Kier alpha value is -0.960. The van der Waals surface area contributed by atoms with Crippen LogP contribution in [0.25, 0.3) is 10.8 Å². The van der Waals surface area contributed by atoms with Crippen LogP contribution in [0.15, 0.2) is 36.4 Å². The van der Waals surface area contributed by atoms with Gasteiger partial charge in [-0.05, 0) is 10.8 Å². The summed E-state index contributed by atoms with van der Waals surface area (Å²) in [5.41, 5.74) is 0.205. The third-order valence-electron chi connectivity index (χ3n) is 2.45. The Kier molecular flexibility index (Phi) is 3.21. The van der Waals surface area contributed by atoms with Crippen molar-refractivity contribution in [1.82, 2.24) is 0 Å². The first kappa shape index (κ1) is 12.5. The second-order valence-electron chi connectivity index (χ2n) is 3.51. The van der Waals surface area contributed by atoms with Crippen LogP contribution in [0.2, 0.25) is 0 Å². The van der Waals surface area contributed by atoms with Gasteiger partial charge < -0.3 is 5.11 Å². The number of alkyl halides is 3. The first-order chi connectivity index (χ1) is 7.91. The van der Waals surface area contributed by atoms with Crippen LogP contribution in [0, 0.1) is 0 Å². The lowest BCUT2D eigenvalue weighted by atomic mass is 10.00. The minimum absolute atomic E-state index is 0.0306. The van der Waals surface area contributed by atoms with Gasteiger partial charge in [0.05, 0.1) is 5.56 Å². The predicted octanol–water partition coefficient (Wildman–Crippen LogP) is 4.36. The number of carboxylic acid groups (broad SMARTS) is 1. The summed E-state index contributed by atoms with van der Waals surface area (Å²) in [7, 11) is 0. The van der Waals surface area contributed by atoms with Gasteiger partial charge in [0.1, 0.15) is 0 Å². The molecular formula is C12H7Cl3O2. The van der Waals surface area contributed by atoms with Gasteiger partial charge in [-0.3, -0.25) is 0 Å². The van der Waals surface area contributed by atoms with E-state index in [4.69, 9.17) is 34.8 Å². The number of carbonyl (C=O) groups is 1. The molecule has 0 amide bonds. The molecule has 0 atom stereocenters. The lowest BCUT2D eigenvalue weighted by Crippen LogP contribution is -2.10. The molecule has 0 radical (unpaired) electrons. The fraction of sp³-hybridized carbons (Fsp3) is 0.0833. The molecule has 0 fully saturated rings. The molecule has 0 unspecified atom stereocenters. The number of benzene rings is 2. The quantitative estimate of drug-likeness (QED) is 0.792. The molecule has 2 rings (SSSR count). The number of hydrogen-bond acceptors (Lipinski definition) is 1. The molecule has 88 valence electrons. The van der Waals surface area contributed by atoms with Gasteiger partial charge in [0.25, 0.3) is 0 Å². The number of hydrogen-bond donors (Lipinski definition) is 1. The summed E-state index contributed by atoms with van der Waals surface area (Å²) in [6.45, 7) is 0. The van der Waals surface area contributed by atoms with Gasteiger partial charge in [0, 0.05) is 5.56 Å². The summed E-state index contributed by atoms with van der Waals surface area (Å²) in [5.74, 6) is -1.11. The normalized spacial score (nSPS) is 11.7. The molecule has 1 N–H and O–H groups in total. The highest BCUT2D eigenvalue weighted by atomic mass is 35.6. The lowest BCUT2D eigenvalue weighted by molar-refractivity contribution is 0.0698. The van der Waals surface area contributed by atoms with E-state index in [1.165, 1.54) is 6.07 Å². The van der Waals surface area contributed by atoms with Crippen LogP contribution in [0.5, 0.6) is 0 Å². The van der Waals surface area contributed by atoms with Gasteiger partial charge in [-0.2, -0.15) is 0 Å². The van der Waals surface area contributed by atoms with Crippen molar-refractivity contribution in [3.8, 4) is 0 Å². The zero-order valence-corrected chi connectivity index (χ0v) is 10.7. The SMILES string of the molecule is O=C(O)c1c(C(Cl)(Cl)Cl)ccc2ccccc12. The first-order valence-corrected chi connectivity index (χ1v) is 5.87. The lowest BCUT2D eigenvalue weighted by Gasteiger charge is -2.16. The first-order valence-electron chi connectivity index (χ1n) is 4.73. The molecule has 0 aliphatic rings. The number of aromatic carboxylic acids is 1. The standard InChI is InChI=1S/C12H7Cl3O2/c13-12(14,15)9-6-5-7-3-1-2-4-8(7)10(9)11(16)17/h1-6H,(H,16,17). The maximum absolute atomic E-state index is 11.3. The van der Waals surface area contributed by atoms with E-state index < -0.39 is 9.76 Å². The van der Waals surface area contributed by atoms with Gasteiger partial charge >= 0.3 is 5.97 Å². The van der Waals surface area contributed by atoms with Crippen LogP contribution in [0.4, 0.5) is 0 Å². The van der Waals surface area contributed by atoms with E-state index >= 15 is 0 Å². The van der Waals surface area contributed by atoms with Crippen LogP contribution in [0.1, 0.15) is 15.9 Å². The Balaban J connectivity index is 2.87. The van der Waals surface area contributed by atoms with E-state index in [0.29, 0.717) is 5.39 Å². The van der Waals surface area contributed by atoms with Crippen molar-refractivity contribution >= 4 is 51.5 Å². The third-order valence-corrected chi connectivity index (χ3v) is 3.06. The third kappa shape index (κ3) is 2.34. The predicted molar refractivity (Wildman–Crippen MR) is 70.1 cm³/mol. The monoisotopic (exact) mass is 288 g/mol. The topological polar surface area (TPSA) is 37.3 Å². The van der Waals surface area contributed by atoms with E-state index in [2.05, 4.69) is 0 Å². The zero-order chi connectivity index (χ0) is 12.6. The average Bonchev–Trinajstić information content (AvgIpc) is 2.26. The Morgan fingerprint density at radius 3 is 2.29 bits per heavy atom. The Morgan fingerprint density at radius 1 is 1.06 bits per heavy atom. The zero-order valence-electron chi connectivity index (χ0n) is 8.45. The van der Waals surface area contributed by atoms with E-state index in [0.717, 1.165) is 5.39 Å². The second-order valence-corrected chi connectivity index (χ2v) is 5.79. The Labute approximate surface area is 113 Å². The van der Waals surface area contributed by atoms with E-state index in [9.17, 15) is 9.90 Å². The van der Waals surface area contributed by atoms with Crippen molar-refractivity contribution in [2.24, 2.45) is 0 Å². The molecule has 0 spiro atoms. The Morgan fingerprint density at radius 2 is 1.71 bits per heavy atom. The van der Waals surface area contributed by atoms with Gasteiger partial charge in [0.2, 0.25) is 3.79 Å². The number of carboxylic acids is 1. The smallest absolute Gasteiger partial charge is 0.336 e. The van der Waals surface area contributed by atoms with Crippen molar-refractivity contribution in [2.75, 3.05) is 0 Å². The van der Waals surface area contributed by atoms with Gasteiger partial charge in [0.15, 0.2) is 0 Å². The molecule has 0 saturated carbocycles. The number of rotatable bonds is 1. The molecule has 17 heavy (non-hydrogen) atoms. The molecule has 0 bridgehead atoms. The highest BCUT2D eigenvalue weighted by Crippen LogP contribution is 2.41. The van der Waals surface area contributed by atoms with Gasteiger partial charge in [-0.25, -0.2) is 4.79 Å². The molecule has 5 heteroatoms. The molecular weight excluding hydrogens is 282 g/mol. The molecule has 0 aliphatic heterocycles. The molecule has 2 aromatic rings. The fourth-order valence-corrected chi connectivity index (χ4v) is 2.21. The highest BCUT2D eigenvalue weighted by Gasteiger charge is 2.29.